The van der Waals surface area contributed by atoms with Crippen molar-refractivity contribution in [2.24, 2.45) is 0 Å². The van der Waals surface area contributed by atoms with Crippen LogP contribution in [0.25, 0.3) is 11.0 Å². The Morgan fingerprint density at radius 3 is 2.89 bits per heavy atom. The molecule has 0 fully saturated rings. The van der Waals surface area contributed by atoms with E-state index in [-0.39, 0.29) is 10.7 Å². The van der Waals surface area contributed by atoms with Crippen molar-refractivity contribution < 1.29 is 14.3 Å². The van der Waals surface area contributed by atoms with E-state index < -0.39 is 5.91 Å². The number of nitriles is 1. The molecule has 1 aromatic carbocycles. The molecule has 0 aliphatic carbocycles. The van der Waals surface area contributed by atoms with Crippen molar-refractivity contribution in [3.63, 3.8) is 0 Å². The summed E-state index contributed by atoms with van der Waals surface area (Å²) in [5.74, 6) is 0.797. The zero-order chi connectivity index (χ0) is 20.1. The molecule has 28 heavy (non-hydrogen) atoms. The molecule has 0 bridgehead atoms. The van der Waals surface area contributed by atoms with Crippen molar-refractivity contribution >= 4 is 39.9 Å². The number of carbonyl (C=O) groups excluding carboxylic acids is 1. The molecule has 1 N–H and O–H groups in total. The summed E-state index contributed by atoms with van der Waals surface area (Å²) in [5.41, 5.74) is 1.44. The number of nitrogens with zero attached hydrogens (tertiary/aromatic N) is 3. The van der Waals surface area contributed by atoms with Crippen molar-refractivity contribution in [2.75, 3.05) is 20.8 Å². The predicted molar refractivity (Wildman–Crippen MR) is 108 cm³/mol. The Morgan fingerprint density at radius 2 is 2.18 bits per heavy atom. The maximum Gasteiger partial charge on any atom is 0.262 e. The van der Waals surface area contributed by atoms with Gasteiger partial charge in [-0.05, 0) is 30.2 Å². The SMILES string of the molecule is COc1ccc(CCNC(=O)/C(C#N)=C/c2c(Cl)nc3sccn23)cc1OC. The van der Waals surface area contributed by atoms with Gasteiger partial charge in [-0.3, -0.25) is 9.20 Å². The van der Waals surface area contributed by atoms with Crippen molar-refractivity contribution in [3.8, 4) is 17.6 Å². The number of carbonyl (C=O) groups is 1. The molecule has 2 aromatic heterocycles. The third-order valence-electron chi connectivity index (χ3n) is 4.05. The monoisotopic (exact) mass is 416 g/mol. The normalized spacial score (nSPS) is 11.3. The van der Waals surface area contributed by atoms with Gasteiger partial charge in [-0.1, -0.05) is 17.7 Å². The Kier molecular flexibility index (Phi) is 6.19. The van der Waals surface area contributed by atoms with Crippen LogP contribution >= 0.6 is 22.9 Å². The second-order valence-electron chi connectivity index (χ2n) is 5.71. The third-order valence-corrected chi connectivity index (χ3v) is 5.08. The molecule has 0 radical (unpaired) electrons. The van der Waals surface area contributed by atoms with E-state index in [1.807, 2.05) is 29.6 Å². The maximum absolute atomic E-state index is 12.4. The Bertz CT molecular complexity index is 1080. The summed E-state index contributed by atoms with van der Waals surface area (Å²) < 4.78 is 12.2. The van der Waals surface area contributed by atoms with Crippen LogP contribution < -0.4 is 14.8 Å². The van der Waals surface area contributed by atoms with E-state index in [1.165, 1.54) is 17.4 Å². The van der Waals surface area contributed by atoms with Gasteiger partial charge in [-0.25, -0.2) is 4.98 Å². The molecule has 1 amide bonds. The number of thiazole rings is 1. The number of rotatable bonds is 7. The molecule has 0 aliphatic heterocycles. The van der Waals surface area contributed by atoms with Gasteiger partial charge in [0.05, 0.1) is 19.9 Å². The van der Waals surface area contributed by atoms with Gasteiger partial charge in [0.1, 0.15) is 11.6 Å². The highest BCUT2D eigenvalue weighted by Gasteiger charge is 2.14. The fourth-order valence-corrected chi connectivity index (χ4v) is 3.64. The molecule has 3 aromatic rings. The van der Waals surface area contributed by atoms with Crippen LogP contribution in [0, 0.1) is 11.3 Å². The molecule has 0 spiro atoms. The van der Waals surface area contributed by atoms with Gasteiger partial charge in [-0.15, -0.1) is 11.3 Å². The highest BCUT2D eigenvalue weighted by molar-refractivity contribution is 7.15. The fourth-order valence-electron chi connectivity index (χ4n) is 2.64. The molecule has 9 heteroatoms. The Labute approximate surface area is 170 Å². The number of amides is 1. The van der Waals surface area contributed by atoms with E-state index in [4.69, 9.17) is 21.1 Å². The molecule has 0 unspecified atom stereocenters. The lowest BCUT2D eigenvalue weighted by atomic mass is 10.1. The minimum absolute atomic E-state index is 0.0396. The highest BCUT2D eigenvalue weighted by atomic mass is 35.5. The lowest BCUT2D eigenvalue weighted by molar-refractivity contribution is -0.117. The van der Waals surface area contributed by atoms with Crippen LogP contribution in [0.5, 0.6) is 11.5 Å². The zero-order valence-electron chi connectivity index (χ0n) is 15.2. The van der Waals surface area contributed by atoms with Crippen LogP contribution in [-0.4, -0.2) is 36.1 Å². The average Bonchev–Trinajstić information content (AvgIpc) is 3.26. The Balaban J connectivity index is 1.67. The van der Waals surface area contributed by atoms with Gasteiger partial charge in [0, 0.05) is 18.1 Å². The average molecular weight is 417 g/mol. The summed E-state index contributed by atoms with van der Waals surface area (Å²) in [7, 11) is 3.14. The van der Waals surface area contributed by atoms with Crippen LogP contribution in [0.4, 0.5) is 0 Å². The second-order valence-corrected chi connectivity index (χ2v) is 6.94. The molecular formula is C19H17ClN4O3S. The number of aromatic nitrogens is 2. The van der Waals surface area contributed by atoms with Gasteiger partial charge in [0.2, 0.25) is 0 Å². The lowest BCUT2D eigenvalue weighted by Gasteiger charge is -2.10. The lowest BCUT2D eigenvalue weighted by Crippen LogP contribution is -2.26. The molecule has 7 nitrogen and oxygen atoms in total. The predicted octanol–water partition coefficient (Wildman–Crippen LogP) is 3.33. The van der Waals surface area contributed by atoms with E-state index in [9.17, 15) is 10.1 Å². The van der Waals surface area contributed by atoms with E-state index in [2.05, 4.69) is 10.3 Å². The number of benzene rings is 1. The minimum atomic E-state index is -0.468. The number of methoxy groups -OCH3 is 2. The summed E-state index contributed by atoms with van der Waals surface area (Å²) in [6, 6.07) is 7.48. The molecule has 2 heterocycles. The number of nitrogens with one attached hydrogen (secondary N) is 1. The van der Waals surface area contributed by atoms with Gasteiger partial charge >= 0.3 is 0 Å². The van der Waals surface area contributed by atoms with E-state index in [1.54, 1.807) is 24.8 Å². The van der Waals surface area contributed by atoms with E-state index in [0.717, 1.165) is 5.56 Å². The van der Waals surface area contributed by atoms with Crippen molar-refractivity contribution in [2.45, 2.75) is 6.42 Å². The first kappa shape index (κ1) is 19.7. The molecule has 0 atom stereocenters. The molecule has 0 saturated carbocycles. The zero-order valence-corrected chi connectivity index (χ0v) is 16.8. The Morgan fingerprint density at radius 1 is 1.39 bits per heavy atom. The first-order chi connectivity index (χ1) is 13.6. The largest absolute Gasteiger partial charge is 0.493 e. The number of ether oxygens (including phenoxy) is 2. The summed E-state index contributed by atoms with van der Waals surface area (Å²) in [6.45, 7) is 0.362. The van der Waals surface area contributed by atoms with Gasteiger partial charge in [0.25, 0.3) is 5.91 Å². The third kappa shape index (κ3) is 4.11. The number of hydrogen-bond acceptors (Lipinski definition) is 6. The van der Waals surface area contributed by atoms with Crippen LogP contribution in [0.1, 0.15) is 11.3 Å². The quantitative estimate of drug-likeness (QED) is 0.471. The maximum atomic E-state index is 12.4. The summed E-state index contributed by atoms with van der Waals surface area (Å²) in [4.78, 5) is 17.3. The number of imidazole rings is 1. The number of fused-ring (bicyclic) bond motifs is 1. The van der Waals surface area contributed by atoms with Crippen LogP contribution in [0.3, 0.4) is 0 Å². The molecule has 0 aliphatic rings. The fraction of sp³-hybridized carbons (Fsp3) is 0.211. The van der Waals surface area contributed by atoms with Gasteiger partial charge in [-0.2, -0.15) is 5.26 Å². The van der Waals surface area contributed by atoms with Crippen LogP contribution in [-0.2, 0) is 11.2 Å². The number of halogens is 1. The smallest absolute Gasteiger partial charge is 0.262 e. The van der Waals surface area contributed by atoms with Gasteiger partial charge in [0.15, 0.2) is 21.6 Å². The summed E-state index contributed by atoms with van der Waals surface area (Å²) in [6.07, 6.45) is 3.81. The first-order valence-electron chi connectivity index (χ1n) is 8.29. The summed E-state index contributed by atoms with van der Waals surface area (Å²) >= 11 is 7.54. The minimum Gasteiger partial charge on any atom is -0.493 e. The highest BCUT2D eigenvalue weighted by Crippen LogP contribution is 2.27. The molecule has 0 saturated heterocycles. The molecule has 3 rings (SSSR count). The van der Waals surface area contributed by atoms with Crippen LogP contribution in [0.2, 0.25) is 5.15 Å². The topological polar surface area (TPSA) is 88.6 Å². The van der Waals surface area contributed by atoms with Crippen molar-refractivity contribution in [1.29, 1.82) is 5.26 Å². The van der Waals surface area contributed by atoms with E-state index in [0.29, 0.717) is 35.1 Å². The second kappa shape index (κ2) is 8.78. The van der Waals surface area contributed by atoms with Gasteiger partial charge < -0.3 is 14.8 Å². The number of hydrogen-bond donors (Lipinski definition) is 1. The van der Waals surface area contributed by atoms with E-state index >= 15 is 0 Å². The summed E-state index contributed by atoms with van der Waals surface area (Å²) in [5, 5.41) is 14.2. The Hall–Kier alpha value is -3.02. The van der Waals surface area contributed by atoms with Crippen molar-refractivity contribution in [1.82, 2.24) is 14.7 Å². The van der Waals surface area contributed by atoms with Crippen molar-refractivity contribution in [3.05, 3.63) is 51.8 Å². The molecular weight excluding hydrogens is 400 g/mol. The molecule has 144 valence electrons. The first-order valence-corrected chi connectivity index (χ1v) is 9.55. The standard InChI is InChI=1S/C19H17ClN4O3S/c1-26-15-4-3-12(9-16(15)27-2)5-6-22-18(25)13(11-21)10-14-17(20)23-19-24(14)7-8-28-19/h3-4,7-10H,5-6H2,1-2H3,(H,22,25)/b13-10+. The van der Waals surface area contributed by atoms with Crippen LogP contribution in [0.15, 0.2) is 35.3 Å².